The topological polar surface area (TPSA) is 86.3 Å². The molecule has 8 heteroatoms. The van der Waals surface area contributed by atoms with Gasteiger partial charge >= 0.3 is 12.1 Å². The zero-order valence-corrected chi connectivity index (χ0v) is 23.6. The molecule has 2 aromatic rings. The second-order valence-electron chi connectivity index (χ2n) is 11.2. The Morgan fingerprint density at radius 1 is 0.923 bits per heavy atom. The number of fused-ring (bicyclic) bond motifs is 3. The van der Waals surface area contributed by atoms with Crippen LogP contribution in [0, 0.1) is 0 Å². The summed E-state index contributed by atoms with van der Waals surface area (Å²) in [6, 6.07) is 16.7. The number of rotatable bonds is 11. The summed E-state index contributed by atoms with van der Waals surface area (Å²) in [5, 5.41) is 3.54. The van der Waals surface area contributed by atoms with Gasteiger partial charge in [-0.1, -0.05) is 48.5 Å². The Morgan fingerprint density at radius 2 is 1.54 bits per heavy atom. The second-order valence-corrected chi connectivity index (χ2v) is 11.2. The van der Waals surface area contributed by atoms with Gasteiger partial charge in [-0.15, -0.1) is 0 Å². The van der Waals surface area contributed by atoms with Crippen LogP contribution >= 0.6 is 0 Å². The Kier molecular flexibility index (Phi) is 9.99. The van der Waals surface area contributed by atoms with E-state index in [4.69, 9.17) is 18.9 Å². The third kappa shape index (κ3) is 8.03. The molecule has 1 fully saturated rings. The van der Waals surface area contributed by atoms with Crippen LogP contribution in [-0.2, 0) is 23.7 Å². The monoisotopic (exact) mass is 538 g/mol. The number of ether oxygens (including phenoxy) is 4. The van der Waals surface area contributed by atoms with E-state index in [0.717, 1.165) is 41.6 Å². The average Bonchev–Trinajstić information content (AvgIpc) is 3.20. The van der Waals surface area contributed by atoms with Crippen LogP contribution < -0.4 is 5.32 Å². The molecule has 1 amide bonds. The molecule has 1 aliphatic carbocycles. The molecule has 2 atom stereocenters. The van der Waals surface area contributed by atoms with Crippen LogP contribution in [0.25, 0.3) is 11.1 Å². The maximum absolute atomic E-state index is 13.2. The van der Waals surface area contributed by atoms with Gasteiger partial charge in [-0.2, -0.15) is 0 Å². The third-order valence-electron chi connectivity index (χ3n) is 7.03. The maximum Gasteiger partial charge on any atom is 0.410 e. The molecule has 1 heterocycles. The van der Waals surface area contributed by atoms with Crippen LogP contribution in [-0.4, -0.2) is 74.2 Å². The normalized spacial score (nSPS) is 18.9. The van der Waals surface area contributed by atoms with E-state index >= 15 is 0 Å². The van der Waals surface area contributed by atoms with Crippen LogP contribution in [0.15, 0.2) is 48.5 Å². The number of nitrogens with zero attached hydrogens (tertiary/aromatic N) is 1. The molecule has 0 radical (unpaired) electrons. The number of likely N-dealkylation sites (tertiary alicyclic amines) is 1. The lowest BCUT2D eigenvalue weighted by molar-refractivity contribution is -0.156. The van der Waals surface area contributed by atoms with E-state index in [1.165, 1.54) is 0 Å². The van der Waals surface area contributed by atoms with Crippen molar-refractivity contribution in [3.05, 3.63) is 59.7 Å². The summed E-state index contributed by atoms with van der Waals surface area (Å²) in [6.45, 7) is 10.8. The van der Waals surface area contributed by atoms with Gasteiger partial charge in [0.15, 0.2) is 6.10 Å². The number of hydrogen-bond donors (Lipinski definition) is 1. The fourth-order valence-electron chi connectivity index (χ4n) is 5.24. The predicted molar refractivity (Wildman–Crippen MR) is 149 cm³/mol. The minimum Gasteiger partial charge on any atom is -0.460 e. The van der Waals surface area contributed by atoms with Crippen molar-refractivity contribution in [2.24, 2.45) is 0 Å². The van der Waals surface area contributed by atoms with Gasteiger partial charge in [-0.25, -0.2) is 4.79 Å². The second kappa shape index (κ2) is 13.4. The van der Waals surface area contributed by atoms with Crippen molar-refractivity contribution < 1.29 is 28.5 Å². The molecule has 39 heavy (non-hydrogen) atoms. The largest absolute Gasteiger partial charge is 0.460 e. The maximum atomic E-state index is 13.2. The quantitative estimate of drug-likeness (QED) is 0.315. The highest BCUT2D eigenvalue weighted by atomic mass is 16.6. The smallest absolute Gasteiger partial charge is 0.410 e. The molecule has 0 saturated carbocycles. The first-order chi connectivity index (χ1) is 18.7. The first-order valence-corrected chi connectivity index (χ1v) is 14.0. The van der Waals surface area contributed by atoms with Gasteiger partial charge in [0, 0.05) is 36.3 Å². The van der Waals surface area contributed by atoms with Gasteiger partial charge < -0.3 is 29.2 Å². The van der Waals surface area contributed by atoms with Gasteiger partial charge in [0.05, 0.1) is 32.8 Å². The highest BCUT2D eigenvalue weighted by Crippen LogP contribution is 2.45. The number of esters is 1. The number of hydrogen-bond acceptors (Lipinski definition) is 7. The molecule has 0 spiro atoms. The number of carbonyl (C=O) groups excluding carboxylic acids is 2. The van der Waals surface area contributed by atoms with Gasteiger partial charge in [0.1, 0.15) is 5.60 Å². The van der Waals surface area contributed by atoms with Crippen LogP contribution in [0.3, 0.4) is 0 Å². The lowest BCUT2D eigenvalue weighted by Crippen LogP contribution is -2.50. The van der Waals surface area contributed by atoms with Crippen LogP contribution in [0.5, 0.6) is 0 Å². The number of piperidine rings is 1. The molecular formula is C31H42N2O6. The number of benzene rings is 2. The fourth-order valence-corrected chi connectivity index (χ4v) is 5.24. The highest BCUT2D eigenvalue weighted by Gasteiger charge is 2.35. The van der Waals surface area contributed by atoms with E-state index in [2.05, 4.69) is 24.4 Å². The summed E-state index contributed by atoms with van der Waals surface area (Å²) in [5.41, 5.74) is 3.89. The van der Waals surface area contributed by atoms with Gasteiger partial charge in [-0.3, -0.25) is 4.79 Å². The number of nitrogens with one attached hydrogen (secondary N) is 1. The Hall–Kier alpha value is -2.94. The molecule has 0 aromatic heterocycles. The first kappa shape index (κ1) is 29.1. The van der Waals surface area contributed by atoms with Crippen molar-refractivity contribution in [1.29, 1.82) is 0 Å². The molecule has 2 aromatic carbocycles. The number of carbonyl (C=O) groups is 2. The lowest BCUT2D eigenvalue weighted by atomic mass is 9.99. The van der Waals surface area contributed by atoms with Gasteiger partial charge in [0.2, 0.25) is 0 Å². The van der Waals surface area contributed by atoms with Crippen molar-refractivity contribution >= 4 is 12.1 Å². The number of amides is 1. The molecular weight excluding hydrogens is 496 g/mol. The summed E-state index contributed by atoms with van der Waals surface area (Å²) in [7, 11) is 0. The Balaban J connectivity index is 1.11. The molecule has 2 aliphatic rings. The van der Waals surface area contributed by atoms with Gasteiger partial charge in [-0.05, 0) is 51.7 Å². The van der Waals surface area contributed by atoms with Crippen molar-refractivity contribution in [2.75, 3.05) is 39.5 Å². The fraction of sp³-hybridized carbons (Fsp3) is 0.548. The summed E-state index contributed by atoms with van der Waals surface area (Å²) in [6.07, 6.45) is 1.34. The van der Waals surface area contributed by atoms with E-state index in [1.807, 2.05) is 62.1 Å². The zero-order valence-electron chi connectivity index (χ0n) is 23.6. The molecule has 1 N–H and O–H groups in total. The molecule has 2 unspecified atom stereocenters. The standard InChI is InChI=1S/C31H42N2O6/c1-22-21-23(32-15-18-37-20-19-36-17-14-28(34)39-31(2,3)4)13-16-33(22)30(35)38-29-26-11-7-5-9-24(26)25-10-6-8-12-27(25)29/h5-12,22-23,29,32H,13-21H2,1-4H3. The van der Waals surface area contributed by atoms with Crippen molar-refractivity contribution in [3.63, 3.8) is 0 Å². The Labute approximate surface area is 231 Å². The first-order valence-electron chi connectivity index (χ1n) is 14.0. The Bertz CT molecular complexity index is 1070. The minimum absolute atomic E-state index is 0.0786. The predicted octanol–water partition coefficient (Wildman–Crippen LogP) is 5.10. The van der Waals surface area contributed by atoms with E-state index in [1.54, 1.807) is 0 Å². The molecule has 0 bridgehead atoms. The van der Waals surface area contributed by atoms with E-state index in [0.29, 0.717) is 39.0 Å². The van der Waals surface area contributed by atoms with Crippen LogP contribution in [0.4, 0.5) is 4.79 Å². The van der Waals surface area contributed by atoms with E-state index in [-0.39, 0.29) is 30.6 Å². The third-order valence-corrected chi connectivity index (χ3v) is 7.03. The molecule has 212 valence electrons. The average molecular weight is 539 g/mol. The lowest BCUT2D eigenvalue weighted by Gasteiger charge is -2.38. The summed E-state index contributed by atoms with van der Waals surface area (Å²) in [4.78, 5) is 26.7. The summed E-state index contributed by atoms with van der Waals surface area (Å²) < 4.78 is 22.5. The molecule has 4 rings (SSSR count). The SMILES string of the molecule is CC1CC(NCCOCCOCCC(=O)OC(C)(C)C)CCN1C(=O)OC1c2ccccc2-c2ccccc21. The molecule has 1 aliphatic heterocycles. The highest BCUT2D eigenvalue weighted by molar-refractivity contribution is 5.80. The zero-order chi connectivity index (χ0) is 27.8. The Morgan fingerprint density at radius 3 is 2.15 bits per heavy atom. The van der Waals surface area contributed by atoms with Crippen molar-refractivity contribution in [3.8, 4) is 11.1 Å². The van der Waals surface area contributed by atoms with E-state index in [9.17, 15) is 9.59 Å². The van der Waals surface area contributed by atoms with Crippen molar-refractivity contribution in [2.45, 2.75) is 70.7 Å². The minimum atomic E-state index is -0.472. The van der Waals surface area contributed by atoms with Gasteiger partial charge in [0.25, 0.3) is 0 Å². The van der Waals surface area contributed by atoms with Crippen molar-refractivity contribution in [1.82, 2.24) is 10.2 Å². The summed E-state index contributed by atoms with van der Waals surface area (Å²) in [5.74, 6) is -0.254. The molecule has 1 saturated heterocycles. The van der Waals surface area contributed by atoms with E-state index < -0.39 is 5.60 Å². The van der Waals surface area contributed by atoms with Crippen LogP contribution in [0.1, 0.15) is 64.2 Å². The molecule has 8 nitrogen and oxygen atoms in total. The van der Waals surface area contributed by atoms with Crippen LogP contribution in [0.2, 0.25) is 0 Å². The summed E-state index contributed by atoms with van der Waals surface area (Å²) >= 11 is 0.